The van der Waals surface area contributed by atoms with Crippen molar-refractivity contribution in [3.05, 3.63) is 120 Å². The smallest absolute Gasteiger partial charge is 0.255 e. The van der Waals surface area contributed by atoms with Crippen molar-refractivity contribution in [3.63, 3.8) is 0 Å². The molecule has 0 unspecified atom stereocenters. The van der Waals surface area contributed by atoms with Crippen LogP contribution >= 0.6 is 0 Å². The number of fused-ring (bicyclic) bond motifs is 2. The van der Waals surface area contributed by atoms with Gasteiger partial charge in [0.05, 0.1) is 48.5 Å². The SMILES string of the molecule is CC.Cc1ccc2nc(-c3ccc(N4CCOCC4)cc3)[nH]c2c1.O=CNc1ccc(NC(=O)c2ccc3nc(-c4ccc(N5CCOCC5)cc4)[nH]c3c2)cc1. The highest BCUT2D eigenvalue weighted by Gasteiger charge is 2.15. The third kappa shape index (κ3) is 9.49. The molecule has 2 saturated heterocycles. The molecule has 2 amide bonds. The van der Waals surface area contributed by atoms with Gasteiger partial charge < -0.3 is 39.9 Å². The zero-order valence-corrected chi connectivity index (χ0v) is 32.5. The molecule has 2 aliphatic heterocycles. The molecule has 0 bridgehead atoms. The molecule has 0 atom stereocenters. The molecule has 12 nitrogen and oxygen atoms in total. The van der Waals surface area contributed by atoms with E-state index in [1.54, 1.807) is 36.4 Å². The number of amides is 2. The largest absolute Gasteiger partial charge is 0.378 e. The predicted octanol–water partition coefficient (Wildman–Crippen LogP) is 8.29. The lowest BCUT2D eigenvalue weighted by Gasteiger charge is -2.28. The van der Waals surface area contributed by atoms with Crippen LogP contribution in [0.25, 0.3) is 44.8 Å². The van der Waals surface area contributed by atoms with Crippen LogP contribution in [0.3, 0.4) is 0 Å². The Kier molecular flexibility index (Phi) is 12.5. The summed E-state index contributed by atoms with van der Waals surface area (Å²) < 4.78 is 10.8. The number of morpholine rings is 2. The fraction of sp³-hybridized carbons (Fsp3) is 0.244. The second-order valence-electron chi connectivity index (χ2n) is 13.5. The van der Waals surface area contributed by atoms with Crippen LogP contribution in [-0.4, -0.2) is 84.9 Å². The third-order valence-electron chi connectivity index (χ3n) is 9.78. The molecule has 292 valence electrons. The predicted molar refractivity (Wildman–Crippen MR) is 229 cm³/mol. The van der Waals surface area contributed by atoms with E-state index in [0.717, 1.165) is 97.4 Å². The minimum Gasteiger partial charge on any atom is -0.378 e. The summed E-state index contributed by atoms with van der Waals surface area (Å²) in [5, 5.41) is 5.43. The van der Waals surface area contributed by atoms with Crippen molar-refractivity contribution in [2.75, 3.05) is 73.0 Å². The van der Waals surface area contributed by atoms with Gasteiger partial charge in [0, 0.05) is 65.6 Å². The van der Waals surface area contributed by atoms with E-state index in [1.807, 2.05) is 19.9 Å². The number of aryl methyl sites for hydroxylation is 1. The van der Waals surface area contributed by atoms with Crippen LogP contribution < -0.4 is 20.4 Å². The second-order valence-corrected chi connectivity index (χ2v) is 13.5. The Morgan fingerprint density at radius 2 is 1.11 bits per heavy atom. The van der Waals surface area contributed by atoms with Crippen LogP contribution in [0.2, 0.25) is 0 Å². The number of nitrogens with zero attached hydrogens (tertiary/aromatic N) is 4. The van der Waals surface area contributed by atoms with Crippen LogP contribution in [0.4, 0.5) is 22.7 Å². The Morgan fingerprint density at radius 1 is 0.632 bits per heavy atom. The van der Waals surface area contributed by atoms with E-state index >= 15 is 0 Å². The van der Waals surface area contributed by atoms with Crippen molar-refractivity contribution in [1.82, 2.24) is 19.9 Å². The summed E-state index contributed by atoms with van der Waals surface area (Å²) in [4.78, 5) is 44.0. The third-order valence-corrected chi connectivity index (χ3v) is 9.78. The number of hydrogen-bond donors (Lipinski definition) is 4. The number of benzene rings is 5. The summed E-state index contributed by atoms with van der Waals surface area (Å²) in [6.45, 7) is 12.9. The highest BCUT2D eigenvalue weighted by molar-refractivity contribution is 6.06. The molecule has 2 fully saturated rings. The highest BCUT2D eigenvalue weighted by atomic mass is 16.5. The van der Waals surface area contributed by atoms with Crippen molar-refractivity contribution >= 4 is 57.1 Å². The van der Waals surface area contributed by atoms with Gasteiger partial charge in [-0.15, -0.1) is 0 Å². The van der Waals surface area contributed by atoms with Crippen LogP contribution in [0.15, 0.2) is 109 Å². The lowest BCUT2D eigenvalue weighted by molar-refractivity contribution is -0.105. The van der Waals surface area contributed by atoms with E-state index < -0.39 is 0 Å². The van der Waals surface area contributed by atoms with E-state index in [9.17, 15) is 9.59 Å². The number of ether oxygens (including phenoxy) is 2. The zero-order chi connectivity index (χ0) is 39.6. The van der Waals surface area contributed by atoms with Gasteiger partial charge in [-0.2, -0.15) is 0 Å². The normalized spacial score (nSPS) is 13.9. The van der Waals surface area contributed by atoms with Crippen molar-refractivity contribution in [3.8, 4) is 22.8 Å². The molecule has 4 heterocycles. The van der Waals surface area contributed by atoms with Crippen molar-refractivity contribution in [2.24, 2.45) is 0 Å². The van der Waals surface area contributed by atoms with Gasteiger partial charge in [0.25, 0.3) is 5.91 Å². The first kappa shape index (κ1) is 38.8. The summed E-state index contributed by atoms with van der Waals surface area (Å²) >= 11 is 0. The molecule has 2 aliphatic rings. The number of nitrogens with one attached hydrogen (secondary N) is 4. The zero-order valence-electron chi connectivity index (χ0n) is 32.5. The summed E-state index contributed by atoms with van der Waals surface area (Å²) in [5.74, 6) is 1.46. The summed E-state index contributed by atoms with van der Waals surface area (Å²) in [5.41, 5.74) is 11.3. The first-order valence-electron chi connectivity index (χ1n) is 19.4. The number of carbonyl (C=O) groups is 2. The van der Waals surface area contributed by atoms with E-state index in [2.05, 4.69) is 114 Å². The fourth-order valence-corrected chi connectivity index (χ4v) is 6.77. The standard InChI is InChI=1S/C25H23N5O3.C18H19N3O.C2H6/c31-16-26-19-4-6-20(7-5-19)27-25(32)18-3-10-22-23(15-18)29-24(28-22)17-1-8-21(9-2-17)30-11-13-33-14-12-30;1-13-2-7-16-17(12-13)20-18(19-16)14-3-5-15(6-4-14)21-8-10-22-11-9-21;1-2/h1-10,15-16H,11-14H2,(H,26,31)(H,27,32)(H,28,29);2-7,12H,8-11H2,1H3,(H,19,20);1-2H3. The monoisotopic (exact) mass is 764 g/mol. The van der Waals surface area contributed by atoms with Crippen LogP contribution in [0.5, 0.6) is 0 Å². The maximum Gasteiger partial charge on any atom is 0.255 e. The minimum atomic E-state index is -0.223. The topological polar surface area (TPSA) is 140 Å². The molecule has 0 aliphatic carbocycles. The lowest BCUT2D eigenvalue weighted by Crippen LogP contribution is -2.36. The van der Waals surface area contributed by atoms with Gasteiger partial charge in [0.15, 0.2) is 0 Å². The van der Waals surface area contributed by atoms with Gasteiger partial charge in [-0.3, -0.25) is 9.59 Å². The molecule has 57 heavy (non-hydrogen) atoms. The van der Waals surface area contributed by atoms with Gasteiger partial charge in [0.2, 0.25) is 6.41 Å². The number of anilines is 4. The maximum absolute atomic E-state index is 12.7. The van der Waals surface area contributed by atoms with Gasteiger partial charge in [-0.25, -0.2) is 9.97 Å². The van der Waals surface area contributed by atoms with Crippen molar-refractivity contribution in [2.45, 2.75) is 20.8 Å². The van der Waals surface area contributed by atoms with Crippen molar-refractivity contribution in [1.29, 1.82) is 0 Å². The summed E-state index contributed by atoms with van der Waals surface area (Å²) in [7, 11) is 0. The average Bonchev–Trinajstić information content (AvgIpc) is 3.90. The molecular formula is C45H48N8O4. The molecule has 7 aromatic rings. The maximum atomic E-state index is 12.7. The fourth-order valence-electron chi connectivity index (χ4n) is 6.77. The summed E-state index contributed by atoms with van der Waals surface area (Å²) in [6.07, 6.45) is 0.611. The quantitative estimate of drug-likeness (QED) is 0.113. The minimum absolute atomic E-state index is 0.223. The molecule has 5 aromatic carbocycles. The Labute approximate surface area is 332 Å². The second kappa shape index (κ2) is 18.4. The highest BCUT2D eigenvalue weighted by Crippen LogP contribution is 2.27. The van der Waals surface area contributed by atoms with E-state index in [-0.39, 0.29) is 5.91 Å². The molecule has 12 heteroatoms. The number of aromatic amines is 2. The number of aromatic nitrogens is 4. The lowest BCUT2D eigenvalue weighted by atomic mass is 10.2. The molecule has 0 spiro atoms. The molecule has 0 radical (unpaired) electrons. The first-order chi connectivity index (χ1) is 28.0. The first-order valence-corrected chi connectivity index (χ1v) is 19.4. The molecule has 2 aromatic heterocycles. The Morgan fingerprint density at radius 3 is 1.61 bits per heavy atom. The molecule has 0 saturated carbocycles. The van der Waals surface area contributed by atoms with E-state index in [0.29, 0.717) is 23.3 Å². The Balaban J connectivity index is 0.000000179. The number of H-pyrrole nitrogens is 2. The van der Waals surface area contributed by atoms with Gasteiger partial charge in [-0.05, 0) is 116 Å². The Hall–Kier alpha value is -6.50. The van der Waals surface area contributed by atoms with E-state index in [1.165, 1.54) is 16.9 Å². The molecule has 4 N–H and O–H groups in total. The molecule has 9 rings (SSSR count). The number of hydrogen-bond acceptors (Lipinski definition) is 8. The van der Waals surface area contributed by atoms with Crippen LogP contribution in [0.1, 0.15) is 29.8 Å². The average molecular weight is 765 g/mol. The van der Waals surface area contributed by atoms with E-state index in [4.69, 9.17) is 9.47 Å². The van der Waals surface area contributed by atoms with Crippen LogP contribution in [-0.2, 0) is 14.3 Å². The number of rotatable bonds is 8. The van der Waals surface area contributed by atoms with Gasteiger partial charge in [0.1, 0.15) is 11.6 Å². The Bertz CT molecular complexity index is 2390. The van der Waals surface area contributed by atoms with Crippen LogP contribution in [0, 0.1) is 6.92 Å². The molecular weight excluding hydrogens is 717 g/mol. The number of carbonyl (C=O) groups excluding carboxylic acids is 2. The van der Waals surface area contributed by atoms with Gasteiger partial charge in [-0.1, -0.05) is 19.9 Å². The van der Waals surface area contributed by atoms with Crippen molar-refractivity contribution < 1.29 is 19.1 Å². The summed E-state index contributed by atoms with van der Waals surface area (Å²) in [6, 6.07) is 35.5. The number of imidazole rings is 2. The van der Waals surface area contributed by atoms with Gasteiger partial charge >= 0.3 is 0 Å².